The quantitative estimate of drug-likeness (QED) is 0.743. The van der Waals surface area contributed by atoms with Crippen molar-refractivity contribution < 1.29 is 9.35 Å². The number of primary amides is 1. The van der Waals surface area contributed by atoms with Crippen molar-refractivity contribution in [3.63, 3.8) is 0 Å². The monoisotopic (exact) mass is 238 g/mol. The van der Waals surface area contributed by atoms with E-state index in [9.17, 15) is 9.35 Å². The molecule has 1 atom stereocenters. The summed E-state index contributed by atoms with van der Waals surface area (Å²) in [6, 6.07) is 3.44. The average Bonchev–Trinajstić information content (AvgIpc) is 2.59. The van der Waals surface area contributed by atoms with Crippen LogP contribution in [-0.2, 0) is 11.4 Å². The number of hydrogen-bond acceptors (Lipinski definition) is 4. The molecule has 0 bridgehead atoms. The summed E-state index contributed by atoms with van der Waals surface area (Å²) in [6.07, 6.45) is 4.75. The maximum Gasteiger partial charge on any atom is 0.268 e. The molecule has 0 aliphatic heterocycles. The van der Waals surface area contributed by atoms with Crippen molar-refractivity contribution in [2.45, 2.75) is 0 Å². The summed E-state index contributed by atoms with van der Waals surface area (Å²) in [4.78, 5) is 14.9. The molecule has 0 aromatic carbocycles. The number of imidazole rings is 1. The number of carbonyl (C=O) groups is 1. The van der Waals surface area contributed by atoms with Crippen LogP contribution in [0.25, 0.3) is 5.65 Å². The Bertz CT molecular complexity index is 537. The fourth-order valence-corrected chi connectivity index (χ4v) is 1.79. The largest absolute Gasteiger partial charge is 0.593 e. The van der Waals surface area contributed by atoms with Gasteiger partial charge in [0.2, 0.25) is 0 Å². The molecule has 7 heteroatoms. The van der Waals surface area contributed by atoms with Crippen LogP contribution >= 0.6 is 0 Å². The highest BCUT2D eigenvalue weighted by Crippen LogP contribution is 2.12. The van der Waals surface area contributed by atoms with Gasteiger partial charge in [0.1, 0.15) is 17.6 Å². The van der Waals surface area contributed by atoms with Gasteiger partial charge in [-0.2, -0.15) is 0 Å². The zero-order valence-electron chi connectivity index (χ0n) is 8.51. The SMILES string of the molecule is C[S+]([O-])Nc1ccc2nc(C(N)=O)cn2c1. The van der Waals surface area contributed by atoms with Gasteiger partial charge in [-0.15, -0.1) is 0 Å². The third-order valence-electron chi connectivity index (χ3n) is 1.97. The molecule has 3 N–H and O–H groups in total. The van der Waals surface area contributed by atoms with Crippen LogP contribution in [0.5, 0.6) is 0 Å². The average molecular weight is 238 g/mol. The van der Waals surface area contributed by atoms with Crippen LogP contribution in [-0.4, -0.2) is 26.1 Å². The van der Waals surface area contributed by atoms with E-state index in [1.54, 1.807) is 22.7 Å². The fourth-order valence-electron chi connectivity index (χ4n) is 1.34. The Hall–Kier alpha value is -1.73. The van der Waals surface area contributed by atoms with Crippen LogP contribution in [0.4, 0.5) is 5.69 Å². The number of hydrogen-bond donors (Lipinski definition) is 2. The van der Waals surface area contributed by atoms with E-state index in [-0.39, 0.29) is 5.69 Å². The standard InChI is InChI=1S/C9H10N4O2S/c1-16(15)12-6-2-3-8-11-7(9(10)14)5-13(8)4-6/h2-5,12H,1H3,(H2,10,14). The van der Waals surface area contributed by atoms with Crippen LogP contribution in [0.3, 0.4) is 0 Å². The van der Waals surface area contributed by atoms with Crippen LogP contribution in [0, 0.1) is 0 Å². The molecule has 2 rings (SSSR count). The van der Waals surface area contributed by atoms with Crippen molar-refractivity contribution >= 4 is 28.6 Å². The lowest BCUT2D eigenvalue weighted by Crippen LogP contribution is -2.10. The van der Waals surface area contributed by atoms with Gasteiger partial charge in [-0.25, -0.2) is 9.71 Å². The minimum Gasteiger partial charge on any atom is -0.593 e. The minimum atomic E-state index is -1.14. The third-order valence-corrected chi connectivity index (χ3v) is 2.49. The summed E-state index contributed by atoms with van der Waals surface area (Å²) in [7, 11) is 0. The molecule has 0 fully saturated rings. The van der Waals surface area contributed by atoms with Crippen LogP contribution < -0.4 is 10.5 Å². The Kier molecular flexibility index (Phi) is 2.71. The van der Waals surface area contributed by atoms with Gasteiger partial charge in [-0.3, -0.25) is 4.79 Å². The number of aromatic nitrogens is 2. The molecule has 2 aromatic heterocycles. The first-order chi connectivity index (χ1) is 7.56. The van der Waals surface area contributed by atoms with Gasteiger partial charge in [0.05, 0.1) is 17.0 Å². The predicted molar refractivity (Wildman–Crippen MR) is 61.4 cm³/mol. The maximum atomic E-state index is 11.0. The number of carbonyl (C=O) groups excluding carboxylic acids is 1. The van der Waals surface area contributed by atoms with E-state index < -0.39 is 17.3 Å². The zero-order chi connectivity index (χ0) is 11.7. The first-order valence-corrected chi connectivity index (χ1v) is 6.01. The lowest BCUT2D eigenvalue weighted by molar-refractivity contribution is 0.0996. The molecule has 1 amide bonds. The highest BCUT2D eigenvalue weighted by Gasteiger charge is 2.07. The van der Waals surface area contributed by atoms with E-state index in [2.05, 4.69) is 9.71 Å². The molecule has 6 nitrogen and oxygen atoms in total. The van der Waals surface area contributed by atoms with Gasteiger partial charge < -0.3 is 14.7 Å². The minimum absolute atomic E-state index is 0.203. The molecule has 0 saturated carbocycles. The van der Waals surface area contributed by atoms with E-state index in [1.165, 1.54) is 12.5 Å². The second-order valence-electron chi connectivity index (χ2n) is 3.23. The molecule has 0 radical (unpaired) electrons. The summed E-state index contributed by atoms with van der Waals surface area (Å²) in [5, 5.41) is 0. The Morgan fingerprint density at radius 3 is 2.94 bits per heavy atom. The van der Waals surface area contributed by atoms with Gasteiger partial charge in [-0.05, 0) is 12.1 Å². The summed E-state index contributed by atoms with van der Waals surface area (Å²) in [6.45, 7) is 0. The second-order valence-corrected chi connectivity index (χ2v) is 4.34. The first kappa shape index (κ1) is 10.8. The summed E-state index contributed by atoms with van der Waals surface area (Å²) >= 11 is -1.14. The van der Waals surface area contributed by atoms with Gasteiger partial charge in [0.25, 0.3) is 5.91 Å². The molecule has 2 heterocycles. The number of fused-ring (bicyclic) bond motifs is 1. The maximum absolute atomic E-state index is 11.0. The van der Waals surface area contributed by atoms with E-state index in [0.717, 1.165) is 0 Å². The number of amides is 1. The molecule has 0 aliphatic carbocycles. The third kappa shape index (κ3) is 2.10. The van der Waals surface area contributed by atoms with E-state index >= 15 is 0 Å². The van der Waals surface area contributed by atoms with Crippen molar-refractivity contribution in [1.29, 1.82) is 0 Å². The number of pyridine rings is 1. The zero-order valence-corrected chi connectivity index (χ0v) is 9.32. The molecule has 16 heavy (non-hydrogen) atoms. The van der Waals surface area contributed by atoms with Crippen molar-refractivity contribution in [2.24, 2.45) is 5.73 Å². The number of anilines is 1. The number of nitrogens with one attached hydrogen (secondary N) is 1. The number of nitrogens with zero attached hydrogens (tertiary/aromatic N) is 2. The molecular weight excluding hydrogens is 228 g/mol. The van der Waals surface area contributed by atoms with Crippen LogP contribution in [0.15, 0.2) is 24.5 Å². The van der Waals surface area contributed by atoms with E-state index in [1.807, 2.05) is 0 Å². The molecule has 0 saturated heterocycles. The van der Waals surface area contributed by atoms with E-state index in [4.69, 9.17) is 5.73 Å². The smallest absolute Gasteiger partial charge is 0.268 e. The van der Waals surface area contributed by atoms with Gasteiger partial charge in [-0.1, -0.05) is 0 Å². The van der Waals surface area contributed by atoms with Crippen molar-refractivity contribution in [1.82, 2.24) is 9.38 Å². The molecule has 2 aromatic rings. The summed E-state index contributed by atoms with van der Waals surface area (Å²) in [5.74, 6) is -0.572. The van der Waals surface area contributed by atoms with Crippen LogP contribution in [0.2, 0.25) is 0 Å². The Morgan fingerprint density at radius 2 is 2.31 bits per heavy atom. The Morgan fingerprint density at radius 1 is 1.56 bits per heavy atom. The van der Waals surface area contributed by atoms with E-state index in [0.29, 0.717) is 11.3 Å². The lowest BCUT2D eigenvalue weighted by atomic mass is 10.4. The normalized spacial score (nSPS) is 12.6. The molecule has 0 aliphatic rings. The van der Waals surface area contributed by atoms with Crippen molar-refractivity contribution in [2.75, 3.05) is 11.0 Å². The number of nitrogens with two attached hydrogens (primary N) is 1. The molecule has 1 unspecified atom stereocenters. The molecule has 0 spiro atoms. The van der Waals surface area contributed by atoms with Gasteiger partial charge >= 0.3 is 0 Å². The van der Waals surface area contributed by atoms with Gasteiger partial charge in [0, 0.05) is 12.4 Å². The topological polar surface area (TPSA) is 95.5 Å². The van der Waals surface area contributed by atoms with Crippen LogP contribution in [0.1, 0.15) is 10.5 Å². The summed E-state index contributed by atoms with van der Waals surface area (Å²) < 4.78 is 15.4. The fraction of sp³-hybridized carbons (Fsp3) is 0.111. The lowest BCUT2D eigenvalue weighted by Gasteiger charge is -2.06. The highest BCUT2D eigenvalue weighted by molar-refractivity contribution is 7.92. The molecular formula is C9H10N4O2S. The molecule has 84 valence electrons. The second kappa shape index (κ2) is 4.03. The van der Waals surface area contributed by atoms with Crippen molar-refractivity contribution in [3.8, 4) is 0 Å². The number of rotatable bonds is 3. The highest BCUT2D eigenvalue weighted by atomic mass is 32.2. The van der Waals surface area contributed by atoms with Crippen molar-refractivity contribution in [3.05, 3.63) is 30.2 Å². The first-order valence-electron chi connectivity index (χ1n) is 4.45. The summed E-state index contributed by atoms with van der Waals surface area (Å²) in [5.41, 5.74) is 6.62. The Labute approximate surface area is 94.8 Å². The predicted octanol–water partition coefficient (Wildman–Crippen LogP) is 0.139. The Balaban J connectivity index is 2.41. The van der Waals surface area contributed by atoms with Gasteiger partial charge in [0.15, 0.2) is 0 Å².